The Morgan fingerprint density at radius 1 is 1.16 bits per heavy atom. The van der Waals surface area contributed by atoms with Gasteiger partial charge in [-0.1, -0.05) is 17.7 Å². The summed E-state index contributed by atoms with van der Waals surface area (Å²) in [4.78, 5) is 24.9. The largest absolute Gasteiger partial charge is 0.477 e. The molecule has 0 bridgehead atoms. The predicted molar refractivity (Wildman–Crippen MR) is 75.2 cm³/mol. The fourth-order valence-electron chi connectivity index (χ4n) is 1.73. The van der Waals surface area contributed by atoms with Crippen LogP contribution in [0, 0.1) is 6.92 Å². The van der Waals surface area contributed by atoms with Crippen LogP contribution in [0.2, 0.25) is 0 Å². The molecule has 0 aliphatic rings. The first-order chi connectivity index (χ1) is 9.00. The summed E-state index contributed by atoms with van der Waals surface area (Å²) in [5.41, 5.74) is 2.03. The Bertz CT molecular complexity index is 616. The number of benzene rings is 1. The van der Waals surface area contributed by atoms with Crippen LogP contribution in [0.25, 0.3) is 0 Å². The number of amides is 1. The van der Waals surface area contributed by atoms with E-state index in [1.54, 1.807) is 30.6 Å². The number of nitrogens with zero attached hydrogens (tertiary/aromatic N) is 1. The number of aryl methyl sites for hydroxylation is 1. The Kier molecular flexibility index (Phi) is 3.66. The Balaban J connectivity index is 2.31. The zero-order valence-corrected chi connectivity index (χ0v) is 11.4. The van der Waals surface area contributed by atoms with Crippen molar-refractivity contribution in [1.82, 2.24) is 0 Å². The molecule has 0 radical (unpaired) electrons. The summed E-state index contributed by atoms with van der Waals surface area (Å²) in [7, 11) is 1.58. The lowest BCUT2D eigenvalue weighted by Crippen LogP contribution is -2.27. The van der Waals surface area contributed by atoms with Crippen molar-refractivity contribution >= 4 is 28.9 Å². The van der Waals surface area contributed by atoms with Crippen LogP contribution in [0.4, 0.5) is 5.69 Å². The third-order valence-corrected chi connectivity index (χ3v) is 3.69. The highest BCUT2D eigenvalue weighted by Crippen LogP contribution is 2.26. The minimum Gasteiger partial charge on any atom is -0.477 e. The monoisotopic (exact) mass is 275 g/mol. The number of anilines is 1. The van der Waals surface area contributed by atoms with E-state index in [0.29, 0.717) is 11.3 Å². The number of hydrogen-bond acceptors (Lipinski definition) is 3. The second-order valence-corrected chi connectivity index (χ2v) is 5.09. The molecule has 1 N–H and O–H groups in total. The van der Waals surface area contributed by atoms with Gasteiger partial charge in [0.1, 0.15) is 4.88 Å². The molecule has 98 valence electrons. The molecule has 0 aliphatic carbocycles. The summed E-state index contributed by atoms with van der Waals surface area (Å²) in [6.45, 7) is 1.94. The maximum absolute atomic E-state index is 12.3. The molecule has 5 heteroatoms. The zero-order valence-electron chi connectivity index (χ0n) is 10.6. The summed E-state index contributed by atoms with van der Waals surface area (Å²) in [6, 6.07) is 8.82. The first kappa shape index (κ1) is 13.3. The third-order valence-electron chi connectivity index (χ3n) is 2.80. The van der Waals surface area contributed by atoms with E-state index in [2.05, 4.69) is 0 Å². The summed E-state index contributed by atoms with van der Waals surface area (Å²) < 4.78 is 0. The van der Waals surface area contributed by atoms with Crippen molar-refractivity contribution in [2.45, 2.75) is 6.92 Å². The van der Waals surface area contributed by atoms with E-state index in [1.165, 1.54) is 4.90 Å². The molecule has 0 unspecified atom stereocenters. The second-order valence-electron chi connectivity index (χ2n) is 4.17. The van der Waals surface area contributed by atoms with Crippen molar-refractivity contribution in [3.63, 3.8) is 0 Å². The number of carbonyl (C=O) groups excluding carboxylic acids is 1. The molecule has 2 rings (SSSR count). The van der Waals surface area contributed by atoms with Gasteiger partial charge in [-0.25, -0.2) is 4.79 Å². The van der Waals surface area contributed by atoms with Gasteiger partial charge in [-0.05, 0) is 30.5 Å². The van der Waals surface area contributed by atoms with Crippen LogP contribution in [0.3, 0.4) is 0 Å². The van der Waals surface area contributed by atoms with Crippen LogP contribution >= 0.6 is 11.3 Å². The van der Waals surface area contributed by atoms with Crippen LogP contribution in [0.1, 0.15) is 25.6 Å². The number of rotatable bonds is 3. The molecule has 19 heavy (non-hydrogen) atoms. The molecule has 0 spiro atoms. The number of carbonyl (C=O) groups is 2. The van der Waals surface area contributed by atoms with Crippen LogP contribution in [-0.4, -0.2) is 24.0 Å². The lowest BCUT2D eigenvalue weighted by atomic mass is 10.1. The van der Waals surface area contributed by atoms with E-state index in [4.69, 9.17) is 5.11 Å². The molecule has 0 atom stereocenters. The van der Waals surface area contributed by atoms with Crippen molar-refractivity contribution in [1.29, 1.82) is 0 Å². The molecule has 1 amide bonds. The van der Waals surface area contributed by atoms with Crippen molar-refractivity contribution in [2.24, 2.45) is 0 Å². The van der Waals surface area contributed by atoms with E-state index >= 15 is 0 Å². The van der Waals surface area contributed by atoms with Crippen LogP contribution < -0.4 is 4.90 Å². The predicted octanol–water partition coefficient (Wildman–Crippen LogP) is 3.03. The molecule has 1 heterocycles. The maximum Gasteiger partial charge on any atom is 0.348 e. The lowest BCUT2D eigenvalue weighted by Gasteiger charge is -2.16. The quantitative estimate of drug-likeness (QED) is 0.936. The summed E-state index contributed by atoms with van der Waals surface area (Å²) in [5.74, 6) is -1.24. The molecular formula is C14H13NO3S. The number of carboxylic acid groups (broad SMARTS) is 1. The molecule has 0 fully saturated rings. The van der Waals surface area contributed by atoms with Crippen molar-refractivity contribution in [2.75, 3.05) is 11.9 Å². The second kappa shape index (κ2) is 5.24. The Morgan fingerprint density at radius 3 is 2.37 bits per heavy atom. The smallest absolute Gasteiger partial charge is 0.348 e. The number of carboxylic acids is 1. The number of aromatic carboxylic acids is 1. The molecule has 0 saturated carbocycles. The van der Waals surface area contributed by atoms with Crippen molar-refractivity contribution in [3.8, 4) is 0 Å². The molecular weight excluding hydrogens is 262 g/mol. The maximum atomic E-state index is 12.3. The SMILES string of the molecule is Cc1ccc(C(=O)N(C)c2ccsc2C(=O)O)cc1. The van der Waals surface area contributed by atoms with Gasteiger partial charge in [0.2, 0.25) is 0 Å². The van der Waals surface area contributed by atoms with E-state index in [0.717, 1.165) is 16.9 Å². The van der Waals surface area contributed by atoms with Gasteiger partial charge in [0, 0.05) is 12.6 Å². The first-order valence-corrected chi connectivity index (χ1v) is 6.54. The van der Waals surface area contributed by atoms with Crippen LogP contribution in [0.5, 0.6) is 0 Å². The highest BCUT2D eigenvalue weighted by molar-refractivity contribution is 7.12. The van der Waals surface area contributed by atoms with Gasteiger partial charge in [-0.3, -0.25) is 4.79 Å². The summed E-state index contributed by atoms with van der Waals surface area (Å²) in [5, 5.41) is 10.7. The van der Waals surface area contributed by atoms with Crippen molar-refractivity contribution in [3.05, 3.63) is 51.7 Å². The number of hydrogen-bond donors (Lipinski definition) is 1. The Hall–Kier alpha value is -2.14. The molecule has 0 aliphatic heterocycles. The van der Waals surface area contributed by atoms with E-state index < -0.39 is 5.97 Å². The molecule has 4 nitrogen and oxygen atoms in total. The molecule has 2 aromatic rings. The van der Waals surface area contributed by atoms with E-state index in [9.17, 15) is 9.59 Å². The first-order valence-electron chi connectivity index (χ1n) is 5.66. The molecule has 0 saturated heterocycles. The Morgan fingerprint density at radius 2 is 1.79 bits per heavy atom. The fourth-order valence-corrected chi connectivity index (χ4v) is 2.49. The lowest BCUT2D eigenvalue weighted by molar-refractivity contribution is 0.0703. The van der Waals surface area contributed by atoms with Gasteiger partial charge < -0.3 is 10.0 Å². The van der Waals surface area contributed by atoms with E-state index in [1.807, 2.05) is 19.1 Å². The highest BCUT2D eigenvalue weighted by atomic mass is 32.1. The average Bonchev–Trinajstić information content (AvgIpc) is 2.87. The minimum atomic E-state index is -1.02. The summed E-state index contributed by atoms with van der Waals surface area (Å²) in [6.07, 6.45) is 0. The average molecular weight is 275 g/mol. The summed E-state index contributed by atoms with van der Waals surface area (Å²) >= 11 is 1.11. The van der Waals surface area contributed by atoms with Gasteiger partial charge in [-0.2, -0.15) is 0 Å². The topological polar surface area (TPSA) is 57.6 Å². The number of thiophene rings is 1. The van der Waals surface area contributed by atoms with Gasteiger partial charge in [0.25, 0.3) is 5.91 Å². The Labute approximate surface area is 114 Å². The minimum absolute atomic E-state index is 0.169. The molecule has 1 aromatic heterocycles. The molecule has 1 aromatic carbocycles. The third kappa shape index (κ3) is 2.66. The fraction of sp³-hybridized carbons (Fsp3) is 0.143. The van der Waals surface area contributed by atoms with Gasteiger partial charge in [-0.15, -0.1) is 11.3 Å². The zero-order chi connectivity index (χ0) is 14.0. The van der Waals surface area contributed by atoms with Crippen molar-refractivity contribution < 1.29 is 14.7 Å². The van der Waals surface area contributed by atoms with Crippen LogP contribution in [0.15, 0.2) is 35.7 Å². The normalized spacial score (nSPS) is 10.2. The van der Waals surface area contributed by atoms with Gasteiger partial charge in [0.15, 0.2) is 0 Å². The highest BCUT2D eigenvalue weighted by Gasteiger charge is 2.20. The standard InChI is InChI=1S/C14H13NO3S/c1-9-3-5-10(6-4-9)13(16)15(2)11-7-8-19-12(11)14(17)18/h3-8H,1-2H3,(H,17,18). The van der Waals surface area contributed by atoms with Gasteiger partial charge in [0.05, 0.1) is 5.69 Å². The van der Waals surface area contributed by atoms with E-state index in [-0.39, 0.29) is 10.8 Å². The van der Waals surface area contributed by atoms with Crippen LogP contribution in [-0.2, 0) is 0 Å². The van der Waals surface area contributed by atoms with Gasteiger partial charge >= 0.3 is 5.97 Å².